The number of hydrogen-bond donors (Lipinski definition) is 1. The fourth-order valence-corrected chi connectivity index (χ4v) is 2.63. The number of hydrogen-bond acceptors (Lipinski definition) is 2. The summed E-state index contributed by atoms with van der Waals surface area (Å²) in [6.45, 7) is 2.65. The Balaban J connectivity index is 2.06. The van der Waals surface area contributed by atoms with Crippen LogP contribution in [0.5, 0.6) is 5.75 Å². The summed E-state index contributed by atoms with van der Waals surface area (Å²) in [6.07, 6.45) is 0. The Bertz CT molecular complexity index is 568. The molecule has 0 bridgehead atoms. The highest BCUT2D eigenvalue weighted by Crippen LogP contribution is 2.24. The Hall–Kier alpha value is -1.39. The molecule has 4 heteroatoms. The molecule has 0 heterocycles. The summed E-state index contributed by atoms with van der Waals surface area (Å²) in [4.78, 5) is 0. The van der Waals surface area contributed by atoms with Gasteiger partial charge in [0.25, 0.3) is 0 Å². The van der Waals surface area contributed by atoms with E-state index in [1.54, 1.807) is 7.11 Å². The number of para-hydroxylation sites is 1. The van der Waals surface area contributed by atoms with Crippen LogP contribution in [0.3, 0.4) is 0 Å². The first-order valence-electron chi connectivity index (χ1n) is 6.41. The summed E-state index contributed by atoms with van der Waals surface area (Å²) in [6, 6.07) is 12.9. The molecule has 1 atom stereocenters. The SMILES string of the molecule is COc1ccccc1[C@@H](C)NCc1cc(F)cc(Br)c1. The number of halogens is 2. The van der Waals surface area contributed by atoms with Crippen LogP contribution in [0.2, 0.25) is 0 Å². The van der Waals surface area contributed by atoms with Gasteiger partial charge in [0, 0.05) is 22.6 Å². The number of methoxy groups -OCH3 is 1. The Labute approximate surface area is 127 Å². The number of rotatable bonds is 5. The van der Waals surface area contributed by atoms with Crippen molar-refractivity contribution in [1.29, 1.82) is 0 Å². The zero-order valence-corrected chi connectivity index (χ0v) is 13.1. The highest BCUT2D eigenvalue weighted by atomic mass is 79.9. The molecule has 2 rings (SSSR count). The second-order valence-electron chi connectivity index (χ2n) is 4.62. The maximum atomic E-state index is 13.3. The fraction of sp³-hybridized carbons (Fsp3) is 0.250. The molecule has 0 saturated carbocycles. The molecule has 2 aromatic rings. The van der Waals surface area contributed by atoms with Crippen molar-refractivity contribution < 1.29 is 9.13 Å². The molecule has 0 aromatic heterocycles. The Kier molecular flexibility index (Phi) is 5.15. The maximum Gasteiger partial charge on any atom is 0.124 e. The second-order valence-corrected chi connectivity index (χ2v) is 5.54. The largest absolute Gasteiger partial charge is 0.496 e. The number of ether oxygens (including phenoxy) is 1. The van der Waals surface area contributed by atoms with E-state index in [0.29, 0.717) is 6.54 Å². The van der Waals surface area contributed by atoms with E-state index in [0.717, 1.165) is 21.3 Å². The summed E-state index contributed by atoms with van der Waals surface area (Å²) >= 11 is 3.30. The van der Waals surface area contributed by atoms with Crippen molar-refractivity contribution in [2.24, 2.45) is 0 Å². The van der Waals surface area contributed by atoms with E-state index in [1.165, 1.54) is 12.1 Å². The van der Waals surface area contributed by atoms with Gasteiger partial charge in [-0.2, -0.15) is 0 Å². The van der Waals surface area contributed by atoms with E-state index in [2.05, 4.69) is 28.2 Å². The quantitative estimate of drug-likeness (QED) is 0.870. The first-order chi connectivity index (χ1) is 9.60. The van der Waals surface area contributed by atoms with Crippen LogP contribution in [0.25, 0.3) is 0 Å². The Morgan fingerprint density at radius 1 is 1.25 bits per heavy atom. The van der Waals surface area contributed by atoms with Gasteiger partial charge in [0.2, 0.25) is 0 Å². The molecule has 2 nitrogen and oxygen atoms in total. The molecule has 0 aliphatic carbocycles. The average molecular weight is 338 g/mol. The monoisotopic (exact) mass is 337 g/mol. The van der Waals surface area contributed by atoms with Crippen molar-refractivity contribution in [3.63, 3.8) is 0 Å². The summed E-state index contributed by atoms with van der Waals surface area (Å²) < 4.78 is 19.4. The zero-order chi connectivity index (χ0) is 14.5. The molecule has 0 radical (unpaired) electrons. The summed E-state index contributed by atoms with van der Waals surface area (Å²) in [5.74, 6) is 0.619. The Morgan fingerprint density at radius 3 is 2.70 bits per heavy atom. The molecule has 1 N–H and O–H groups in total. The molecule has 0 saturated heterocycles. The lowest BCUT2D eigenvalue weighted by molar-refractivity contribution is 0.401. The molecule has 106 valence electrons. The van der Waals surface area contributed by atoms with Crippen LogP contribution < -0.4 is 10.1 Å². The highest BCUT2D eigenvalue weighted by molar-refractivity contribution is 9.10. The van der Waals surface area contributed by atoms with Crippen molar-refractivity contribution >= 4 is 15.9 Å². The smallest absolute Gasteiger partial charge is 0.124 e. The average Bonchev–Trinajstić information content (AvgIpc) is 2.43. The molecular formula is C16H17BrFNO. The molecule has 0 aliphatic rings. The van der Waals surface area contributed by atoms with E-state index in [-0.39, 0.29) is 11.9 Å². The molecule has 2 aromatic carbocycles. The van der Waals surface area contributed by atoms with Crippen LogP contribution in [0.4, 0.5) is 4.39 Å². The van der Waals surface area contributed by atoms with Crippen molar-refractivity contribution in [2.45, 2.75) is 19.5 Å². The van der Waals surface area contributed by atoms with Gasteiger partial charge in [-0.1, -0.05) is 34.1 Å². The second kappa shape index (κ2) is 6.86. The van der Waals surface area contributed by atoms with E-state index >= 15 is 0 Å². The van der Waals surface area contributed by atoms with Crippen LogP contribution in [0.1, 0.15) is 24.1 Å². The van der Waals surface area contributed by atoms with Gasteiger partial charge in [-0.05, 0) is 36.8 Å². The first kappa shape index (κ1) is 15.0. The molecule has 0 unspecified atom stereocenters. The van der Waals surface area contributed by atoms with Crippen molar-refractivity contribution in [3.8, 4) is 5.75 Å². The minimum atomic E-state index is -0.235. The van der Waals surface area contributed by atoms with E-state index in [4.69, 9.17) is 4.74 Å². The fourth-order valence-electron chi connectivity index (χ4n) is 2.12. The van der Waals surface area contributed by atoms with E-state index in [9.17, 15) is 4.39 Å². The van der Waals surface area contributed by atoms with Gasteiger partial charge in [0.1, 0.15) is 11.6 Å². The summed E-state index contributed by atoms with van der Waals surface area (Å²) in [7, 11) is 1.66. The number of nitrogens with one attached hydrogen (secondary N) is 1. The van der Waals surface area contributed by atoms with Gasteiger partial charge in [0.15, 0.2) is 0 Å². The van der Waals surface area contributed by atoms with Gasteiger partial charge < -0.3 is 10.1 Å². The predicted octanol–water partition coefficient (Wildman–Crippen LogP) is 4.45. The van der Waals surface area contributed by atoms with Gasteiger partial charge >= 0.3 is 0 Å². The van der Waals surface area contributed by atoms with Crippen LogP contribution in [0, 0.1) is 5.82 Å². The van der Waals surface area contributed by atoms with Crippen molar-refractivity contribution in [3.05, 3.63) is 63.9 Å². The lowest BCUT2D eigenvalue weighted by atomic mass is 10.1. The van der Waals surface area contributed by atoms with Crippen LogP contribution in [0.15, 0.2) is 46.9 Å². The lowest BCUT2D eigenvalue weighted by Gasteiger charge is -2.17. The molecule has 20 heavy (non-hydrogen) atoms. The van der Waals surface area contributed by atoms with Gasteiger partial charge in [0.05, 0.1) is 7.11 Å². The predicted molar refractivity (Wildman–Crippen MR) is 82.3 cm³/mol. The molecular weight excluding hydrogens is 321 g/mol. The van der Waals surface area contributed by atoms with Crippen LogP contribution >= 0.6 is 15.9 Å². The van der Waals surface area contributed by atoms with E-state index in [1.807, 2.05) is 30.3 Å². The topological polar surface area (TPSA) is 21.3 Å². The minimum Gasteiger partial charge on any atom is -0.496 e. The van der Waals surface area contributed by atoms with Crippen LogP contribution in [-0.4, -0.2) is 7.11 Å². The molecule has 0 amide bonds. The third-order valence-corrected chi connectivity index (χ3v) is 3.60. The molecule has 0 fully saturated rings. The third kappa shape index (κ3) is 3.81. The van der Waals surface area contributed by atoms with Crippen molar-refractivity contribution in [1.82, 2.24) is 5.32 Å². The first-order valence-corrected chi connectivity index (χ1v) is 7.20. The third-order valence-electron chi connectivity index (χ3n) is 3.14. The normalized spacial score (nSPS) is 12.2. The zero-order valence-electron chi connectivity index (χ0n) is 11.5. The van der Waals surface area contributed by atoms with Gasteiger partial charge in [-0.3, -0.25) is 0 Å². The van der Waals surface area contributed by atoms with Crippen LogP contribution in [-0.2, 0) is 6.54 Å². The highest BCUT2D eigenvalue weighted by Gasteiger charge is 2.10. The Morgan fingerprint density at radius 2 is 2.00 bits per heavy atom. The minimum absolute atomic E-state index is 0.119. The standard InChI is InChI=1S/C16H17BrFNO/c1-11(15-5-3-4-6-16(15)20-2)19-10-12-7-13(17)9-14(18)8-12/h3-9,11,19H,10H2,1-2H3/t11-/m1/s1. The van der Waals surface area contributed by atoms with Gasteiger partial charge in [-0.25, -0.2) is 4.39 Å². The number of benzene rings is 2. The summed E-state index contributed by atoms with van der Waals surface area (Å²) in [5.41, 5.74) is 1.99. The molecule has 0 spiro atoms. The maximum absolute atomic E-state index is 13.3. The summed E-state index contributed by atoms with van der Waals surface area (Å²) in [5, 5.41) is 3.38. The lowest BCUT2D eigenvalue weighted by Crippen LogP contribution is -2.18. The van der Waals surface area contributed by atoms with Crippen molar-refractivity contribution in [2.75, 3.05) is 7.11 Å². The molecule has 0 aliphatic heterocycles. The van der Waals surface area contributed by atoms with E-state index < -0.39 is 0 Å². The van der Waals surface area contributed by atoms with Gasteiger partial charge in [-0.15, -0.1) is 0 Å².